The van der Waals surface area contributed by atoms with E-state index in [0.717, 1.165) is 0 Å². The molecule has 1 unspecified atom stereocenters. The molecular formula is C14H12F3N3OS. The van der Waals surface area contributed by atoms with Crippen LogP contribution in [0.3, 0.4) is 0 Å². The fourth-order valence-electron chi connectivity index (χ4n) is 1.76. The predicted molar refractivity (Wildman–Crippen MR) is 76.3 cm³/mol. The molecule has 0 saturated heterocycles. The highest BCUT2D eigenvalue weighted by molar-refractivity contribution is 8.00. The van der Waals surface area contributed by atoms with Crippen LogP contribution in [0, 0.1) is 0 Å². The van der Waals surface area contributed by atoms with Gasteiger partial charge in [-0.1, -0.05) is 12.1 Å². The number of thioether (sulfide) groups is 1. The van der Waals surface area contributed by atoms with Gasteiger partial charge in [-0.2, -0.15) is 13.2 Å². The first-order valence-corrected chi connectivity index (χ1v) is 7.09. The van der Waals surface area contributed by atoms with Gasteiger partial charge in [0.05, 0.1) is 6.04 Å². The lowest BCUT2D eigenvalue weighted by Gasteiger charge is -2.15. The second-order valence-electron chi connectivity index (χ2n) is 4.41. The Balaban J connectivity index is 2.08. The molecule has 1 atom stereocenters. The number of hydrogen-bond donors (Lipinski definition) is 1. The van der Waals surface area contributed by atoms with Gasteiger partial charge in [0.1, 0.15) is 12.0 Å². The van der Waals surface area contributed by atoms with Gasteiger partial charge in [0, 0.05) is 11.1 Å². The van der Waals surface area contributed by atoms with Crippen molar-refractivity contribution in [1.29, 1.82) is 0 Å². The molecule has 1 aromatic carbocycles. The van der Waals surface area contributed by atoms with Crippen LogP contribution in [0.15, 0.2) is 47.8 Å². The molecule has 4 nitrogen and oxygen atoms in total. The largest absolute Gasteiger partial charge is 0.446 e. The van der Waals surface area contributed by atoms with Crippen molar-refractivity contribution in [2.75, 3.05) is 0 Å². The molecule has 0 aliphatic rings. The van der Waals surface area contributed by atoms with E-state index in [2.05, 4.69) is 15.3 Å². The molecule has 0 aliphatic carbocycles. The summed E-state index contributed by atoms with van der Waals surface area (Å²) in [5, 5.41) is 2.68. The Morgan fingerprint density at radius 3 is 2.73 bits per heavy atom. The van der Waals surface area contributed by atoms with E-state index in [4.69, 9.17) is 0 Å². The van der Waals surface area contributed by atoms with E-state index in [1.54, 1.807) is 13.0 Å². The zero-order valence-corrected chi connectivity index (χ0v) is 12.3. The van der Waals surface area contributed by atoms with Crippen molar-refractivity contribution in [2.45, 2.75) is 23.4 Å². The summed E-state index contributed by atoms with van der Waals surface area (Å²) in [6.07, 6.45) is 2.69. The lowest BCUT2D eigenvalue weighted by Crippen LogP contribution is -2.27. The first-order valence-electron chi connectivity index (χ1n) is 6.28. The molecular weight excluding hydrogens is 315 g/mol. The zero-order chi connectivity index (χ0) is 16.2. The zero-order valence-electron chi connectivity index (χ0n) is 11.5. The Hall–Kier alpha value is -2.09. The van der Waals surface area contributed by atoms with Crippen molar-refractivity contribution in [2.24, 2.45) is 0 Å². The number of hydrogen-bond acceptors (Lipinski definition) is 4. The Bertz CT molecular complexity index is 649. The van der Waals surface area contributed by atoms with Gasteiger partial charge < -0.3 is 5.32 Å². The van der Waals surface area contributed by atoms with Crippen molar-refractivity contribution < 1.29 is 18.0 Å². The lowest BCUT2D eigenvalue weighted by molar-refractivity contribution is -0.0328. The van der Waals surface area contributed by atoms with Gasteiger partial charge in [-0.3, -0.25) is 4.79 Å². The van der Waals surface area contributed by atoms with Crippen molar-refractivity contribution >= 4 is 17.7 Å². The van der Waals surface area contributed by atoms with Gasteiger partial charge >= 0.3 is 5.51 Å². The molecule has 1 N–H and O–H groups in total. The molecule has 8 heteroatoms. The molecule has 2 aromatic rings. The van der Waals surface area contributed by atoms with E-state index in [0.29, 0.717) is 5.56 Å². The summed E-state index contributed by atoms with van der Waals surface area (Å²) in [6, 6.07) is 6.97. The van der Waals surface area contributed by atoms with E-state index in [1.165, 1.54) is 36.8 Å². The fraction of sp³-hybridized carbons (Fsp3) is 0.214. The number of nitrogens with one attached hydrogen (secondary N) is 1. The molecule has 0 aliphatic heterocycles. The van der Waals surface area contributed by atoms with Crippen molar-refractivity contribution in [1.82, 2.24) is 15.3 Å². The Morgan fingerprint density at radius 2 is 2.09 bits per heavy atom. The topological polar surface area (TPSA) is 54.9 Å². The Morgan fingerprint density at radius 1 is 1.32 bits per heavy atom. The third kappa shape index (κ3) is 4.73. The number of carbonyl (C=O) groups is 1. The SMILES string of the molecule is CC(NC(=O)c1ccncn1)c1cccc(SC(F)(F)F)c1. The van der Waals surface area contributed by atoms with Crippen LogP contribution < -0.4 is 5.32 Å². The number of amides is 1. The van der Waals surface area contributed by atoms with Crippen LogP contribution in [-0.2, 0) is 0 Å². The first kappa shape index (κ1) is 16.3. The molecule has 0 saturated carbocycles. The summed E-state index contributed by atoms with van der Waals surface area (Å²) in [5.41, 5.74) is -3.56. The van der Waals surface area contributed by atoms with Crippen molar-refractivity contribution in [3.8, 4) is 0 Å². The van der Waals surface area contributed by atoms with E-state index in [1.807, 2.05) is 0 Å². The summed E-state index contributed by atoms with van der Waals surface area (Å²) >= 11 is -0.186. The van der Waals surface area contributed by atoms with Crippen LogP contribution in [0.25, 0.3) is 0 Å². The van der Waals surface area contributed by atoms with Gasteiger partial charge in [0.15, 0.2) is 0 Å². The van der Waals surface area contributed by atoms with Gasteiger partial charge in [0.2, 0.25) is 0 Å². The van der Waals surface area contributed by atoms with Crippen LogP contribution in [0.5, 0.6) is 0 Å². The van der Waals surface area contributed by atoms with E-state index in [-0.39, 0.29) is 22.4 Å². The second-order valence-corrected chi connectivity index (χ2v) is 5.55. The molecule has 22 heavy (non-hydrogen) atoms. The number of nitrogens with zero attached hydrogens (tertiary/aromatic N) is 2. The number of alkyl halides is 3. The van der Waals surface area contributed by atoms with Gasteiger partial charge in [0.25, 0.3) is 5.91 Å². The third-order valence-electron chi connectivity index (χ3n) is 2.75. The minimum atomic E-state index is -4.34. The maximum Gasteiger partial charge on any atom is 0.446 e. The first-order chi connectivity index (χ1) is 10.3. The third-order valence-corrected chi connectivity index (χ3v) is 3.47. The predicted octanol–water partition coefficient (Wildman–Crippen LogP) is 3.58. The van der Waals surface area contributed by atoms with Gasteiger partial charge in [-0.05, 0) is 42.4 Å². The van der Waals surface area contributed by atoms with Crippen LogP contribution in [0.1, 0.15) is 29.0 Å². The molecule has 116 valence electrons. The summed E-state index contributed by atoms with van der Waals surface area (Å²) in [4.78, 5) is 19.6. The standard InChI is InChI=1S/C14H12F3N3OS/c1-9(20-13(21)12-5-6-18-8-19-12)10-3-2-4-11(7-10)22-14(15,16)17/h2-9H,1H3,(H,20,21). The van der Waals surface area contributed by atoms with Gasteiger partial charge in [-0.15, -0.1) is 0 Å². The smallest absolute Gasteiger partial charge is 0.344 e. The van der Waals surface area contributed by atoms with E-state index >= 15 is 0 Å². The van der Waals surface area contributed by atoms with Crippen molar-refractivity contribution in [3.05, 3.63) is 54.1 Å². The van der Waals surface area contributed by atoms with Gasteiger partial charge in [-0.25, -0.2) is 9.97 Å². The Labute approximate surface area is 129 Å². The number of aromatic nitrogens is 2. The molecule has 0 spiro atoms. The number of rotatable bonds is 4. The summed E-state index contributed by atoms with van der Waals surface area (Å²) in [6.45, 7) is 1.69. The van der Waals surface area contributed by atoms with Crippen LogP contribution in [0.2, 0.25) is 0 Å². The van der Waals surface area contributed by atoms with E-state index < -0.39 is 17.5 Å². The monoisotopic (exact) mass is 327 g/mol. The highest BCUT2D eigenvalue weighted by atomic mass is 32.2. The minimum Gasteiger partial charge on any atom is -0.344 e. The number of benzene rings is 1. The molecule has 0 fully saturated rings. The van der Waals surface area contributed by atoms with Crippen LogP contribution in [-0.4, -0.2) is 21.4 Å². The van der Waals surface area contributed by atoms with E-state index in [9.17, 15) is 18.0 Å². The fourth-order valence-corrected chi connectivity index (χ4v) is 2.37. The maximum absolute atomic E-state index is 12.4. The average Bonchev–Trinajstić information content (AvgIpc) is 2.46. The lowest BCUT2D eigenvalue weighted by atomic mass is 10.1. The quantitative estimate of drug-likeness (QED) is 0.872. The molecule has 1 aromatic heterocycles. The highest BCUT2D eigenvalue weighted by Crippen LogP contribution is 2.37. The molecule has 0 bridgehead atoms. The number of carbonyl (C=O) groups excluding carboxylic acids is 1. The highest BCUT2D eigenvalue weighted by Gasteiger charge is 2.29. The second kappa shape index (κ2) is 6.78. The van der Waals surface area contributed by atoms with Crippen LogP contribution in [0.4, 0.5) is 13.2 Å². The molecule has 0 radical (unpaired) electrons. The summed E-state index contributed by atoms with van der Waals surface area (Å²) in [5.74, 6) is -0.413. The summed E-state index contributed by atoms with van der Waals surface area (Å²) in [7, 11) is 0. The Kier molecular flexibility index (Phi) is 5.02. The maximum atomic E-state index is 12.4. The van der Waals surface area contributed by atoms with Crippen LogP contribution >= 0.6 is 11.8 Å². The molecule has 1 heterocycles. The average molecular weight is 327 g/mol. The molecule has 1 amide bonds. The van der Waals surface area contributed by atoms with Crippen molar-refractivity contribution in [3.63, 3.8) is 0 Å². The minimum absolute atomic E-state index is 0.0770. The normalized spacial score (nSPS) is 12.7. The molecule has 2 rings (SSSR count). The summed E-state index contributed by atoms with van der Waals surface area (Å²) < 4.78 is 37.2. The number of halogens is 3.